The van der Waals surface area contributed by atoms with Gasteiger partial charge in [0.15, 0.2) is 0 Å². The van der Waals surface area contributed by atoms with E-state index in [0.717, 1.165) is 25.9 Å². The molecule has 0 saturated carbocycles. The molecule has 1 aliphatic rings. The van der Waals surface area contributed by atoms with Gasteiger partial charge in [-0.15, -0.1) is 0 Å². The molecule has 1 saturated heterocycles. The molecule has 0 aliphatic carbocycles. The third kappa shape index (κ3) is 6.67. The number of amides is 1. The zero-order valence-electron chi connectivity index (χ0n) is 11.5. The van der Waals surface area contributed by atoms with Crippen molar-refractivity contribution in [3.63, 3.8) is 0 Å². The Bertz CT molecular complexity index is 218. The first-order valence-electron chi connectivity index (χ1n) is 7.20. The van der Waals surface area contributed by atoms with Gasteiger partial charge >= 0.3 is 0 Å². The Balaban J connectivity index is 1.94. The first kappa shape index (κ1) is 14.5. The number of carbonyl (C=O) groups is 1. The Kier molecular flexibility index (Phi) is 7.25. The highest BCUT2D eigenvalue weighted by Crippen LogP contribution is 2.09. The van der Waals surface area contributed by atoms with Crippen molar-refractivity contribution in [2.24, 2.45) is 0 Å². The molecule has 0 radical (unpaired) electrons. The molecule has 0 aromatic rings. The Morgan fingerprint density at radius 2 is 1.94 bits per heavy atom. The second-order valence-corrected chi connectivity index (χ2v) is 5.33. The monoisotopic (exact) mass is 240 g/mol. The van der Waals surface area contributed by atoms with Crippen molar-refractivity contribution in [3.05, 3.63) is 0 Å². The SMILES string of the molecule is CCCCCCCCC(=O)N[C@H]1CCN(C)C1. The van der Waals surface area contributed by atoms with Crippen LogP contribution in [0.3, 0.4) is 0 Å². The highest BCUT2D eigenvalue weighted by Gasteiger charge is 2.20. The summed E-state index contributed by atoms with van der Waals surface area (Å²) in [7, 11) is 2.11. The van der Waals surface area contributed by atoms with Crippen LogP contribution in [0.25, 0.3) is 0 Å². The summed E-state index contributed by atoms with van der Waals surface area (Å²) in [6, 6.07) is 0.396. The predicted molar refractivity (Wildman–Crippen MR) is 72.0 cm³/mol. The predicted octanol–water partition coefficient (Wildman–Crippen LogP) is 2.56. The summed E-state index contributed by atoms with van der Waals surface area (Å²) in [6.07, 6.45) is 9.32. The lowest BCUT2D eigenvalue weighted by Crippen LogP contribution is -2.36. The van der Waals surface area contributed by atoms with Gasteiger partial charge in [0.2, 0.25) is 5.91 Å². The molecular formula is C14H28N2O. The lowest BCUT2D eigenvalue weighted by atomic mass is 10.1. The third-order valence-corrected chi connectivity index (χ3v) is 3.51. The Hall–Kier alpha value is -0.570. The molecule has 100 valence electrons. The molecule has 1 amide bonds. The van der Waals surface area contributed by atoms with E-state index >= 15 is 0 Å². The van der Waals surface area contributed by atoms with Gasteiger partial charge in [-0.3, -0.25) is 4.79 Å². The lowest BCUT2D eigenvalue weighted by Gasteiger charge is -2.12. The highest BCUT2D eigenvalue weighted by molar-refractivity contribution is 5.76. The van der Waals surface area contributed by atoms with Crippen molar-refractivity contribution in [2.45, 2.75) is 64.3 Å². The standard InChI is InChI=1S/C14H28N2O/c1-3-4-5-6-7-8-9-14(17)15-13-10-11-16(2)12-13/h13H,3-12H2,1-2H3,(H,15,17)/t13-/m0/s1. The van der Waals surface area contributed by atoms with E-state index in [1.54, 1.807) is 0 Å². The van der Waals surface area contributed by atoms with E-state index in [2.05, 4.69) is 24.2 Å². The van der Waals surface area contributed by atoms with Crippen LogP contribution < -0.4 is 5.32 Å². The van der Waals surface area contributed by atoms with Crippen LogP contribution in [-0.2, 0) is 4.79 Å². The van der Waals surface area contributed by atoms with Crippen molar-refractivity contribution in [1.29, 1.82) is 0 Å². The van der Waals surface area contributed by atoms with Gasteiger partial charge < -0.3 is 10.2 Å². The molecule has 1 fully saturated rings. The van der Waals surface area contributed by atoms with Crippen LogP contribution in [0, 0.1) is 0 Å². The molecule has 1 heterocycles. The molecule has 0 aromatic heterocycles. The molecule has 1 aliphatic heterocycles. The van der Waals surface area contributed by atoms with Crippen LogP contribution in [0.15, 0.2) is 0 Å². The molecular weight excluding hydrogens is 212 g/mol. The number of carbonyl (C=O) groups excluding carboxylic acids is 1. The van der Waals surface area contributed by atoms with Gasteiger partial charge in [0.05, 0.1) is 0 Å². The summed E-state index contributed by atoms with van der Waals surface area (Å²) < 4.78 is 0. The minimum absolute atomic E-state index is 0.251. The fourth-order valence-electron chi connectivity index (χ4n) is 2.42. The third-order valence-electron chi connectivity index (χ3n) is 3.51. The molecule has 1 N–H and O–H groups in total. The normalized spacial score (nSPS) is 20.7. The molecule has 1 rings (SSSR count). The maximum atomic E-state index is 11.7. The molecule has 0 aromatic carbocycles. The maximum Gasteiger partial charge on any atom is 0.220 e. The van der Waals surface area contributed by atoms with E-state index in [9.17, 15) is 4.79 Å². The number of likely N-dealkylation sites (N-methyl/N-ethyl adjacent to an activating group) is 1. The van der Waals surface area contributed by atoms with Crippen LogP contribution in [-0.4, -0.2) is 37.0 Å². The van der Waals surface area contributed by atoms with Gasteiger partial charge in [0.1, 0.15) is 0 Å². The number of hydrogen-bond acceptors (Lipinski definition) is 2. The van der Waals surface area contributed by atoms with E-state index in [-0.39, 0.29) is 5.91 Å². The molecule has 0 bridgehead atoms. The van der Waals surface area contributed by atoms with Gasteiger partial charge in [-0.05, 0) is 26.4 Å². The second kappa shape index (κ2) is 8.51. The van der Waals surface area contributed by atoms with E-state index < -0.39 is 0 Å². The number of unbranched alkanes of at least 4 members (excludes halogenated alkanes) is 5. The molecule has 17 heavy (non-hydrogen) atoms. The van der Waals surface area contributed by atoms with Crippen molar-refractivity contribution < 1.29 is 4.79 Å². The molecule has 0 unspecified atom stereocenters. The maximum absolute atomic E-state index is 11.7. The average Bonchev–Trinajstić information content (AvgIpc) is 2.69. The summed E-state index contributed by atoms with van der Waals surface area (Å²) in [4.78, 5) is 13.9. The molecule has 3 nitrogen and oxygen atoms in total. The van der Waals surface area contributed by atoms with E-state index in [0.29, 0.717) is 12.5 Å². The number of likely N-dealkylation sites (tertiary alicyclic amines) is 1. The molecule has 3 heteroatoms. The largest absolute Gasteiger partial charge is 0.352 e. The Morgan fingerprint density at radius 3 is 2.59 bits per heavy atom. The summed E-state index contributed by atoms with van der Waals surface area (Å²) in [5.41, 5.74) is 0. The Labute approximate surface area is 106 Å². The molecule has 1 atom stereocenters. The van der Waals surface area contributed by atoms with Crippen LogP contribution in [0.2, 0.25) is 0 Å². The van der Waals surface area contributed by atoms with Crippen LogP contribution in [0.1, 0.15) is 58.3 Å². The molecule has 0 spiro atoms. The zero-order chi connectivity index (χ0) is 12.5. The van der Waals surface area contributed by atoms with Gasteiger partial charge in [-0.1, -0.05) is 39.0 Å². The first-order chi connectivity index (χ1) is 8.22. The number of hydrogen-bond donors (Lipinski definition) is 1. The minimum atomic E-state index is 0.251. The summed E-state index contributed by atoms with van der Waals surface area (Å²) in [6.45, 7) is 4.36. The van der Waals surface area contributed by atoms with E-state index in [1.807, 2.05) is 0 Å². The van der Waals surface area contributed by atoms with Gasteiger partial charge in [-0.25, -0.2) is 0 Å². The number of rotatable bonds is 8. The van der Waals surface area contributed by atoms with Crippen molar-refractivity contribution >= 4 is 5.91 Å². The quantitative estimate of drug-likeness (QED) is 0.661. The fourth-order valence-corrected chi connectivity index (χ4v) is 2.42. The van der Waals surface area contributed by atoms with Gasteiger partial charge in [0.25, 0.3) is 0 Å². The van der Waals surface area contributed by atoms with Crippen molar-refractivity contribution in [2.75, 3.05) is 20.1 Å². The van der Waals surface area contributed by atoms with Crippen LogP contribution >= 0.6 is 0 Å². The second-order valence-electron chi connectivity index (χ2n) is 5.33. The Morgan fingerprint density at radius 1 is 1.24 bits per heavy atom. The van der Waals surface area contributed by atoms with Gasteiger partial charge in [0, 0.05) is 19.0 Å². The van der Waals surface area contributed by atoms with Gasteiger partial charge in [-0.2, -0.15) is 0 Å². The van der Waals surface area contributed by atoms with E-state index in [4.69, 9.17) is 0 Å². The van der Waals surface area contributed by atoms with Crippen molar-refractivity contribution in [3.8, 4) is 0 Å². The van der Waals surface area contributed by atoms with Crippen LogP contribution in [0.5, 0.6) is 0 Å². The smallest absolute Gasteiger partial charge is 0.220 e. The van der Waals surface area contributed by atoms with E-state index in [1.165, 1.54) is 32.1 Å². The number of nitrogens with one attached hydrogen (secondary N) is 1. The lowest BCUT2D eigenvalue weighted by molar-refractivity contribution is -0.121. The summed E-state index contributed by atoms with van der Waals surface area (Å²) in [5.74, 6) is 0.251. The topological polar surface area (TPSA) is 32.3 Å². The number of nitrogens with zero attached hydrogens (tertiary/aromatic N) is 1. The summed E-state index contributed by atoms with van der Waals surface area (Å²) >= 11 is 0. The average molecular weight is 240 g/mol. The fraction of sp³-hybridized carbons (Fsp3) is 0.929. The minimum Gasteiger partial charge on any atom is -0.352 e. The first-order valence-corrected chi connectivity index (χ1v) is 7.20. The summed E-state index contributed by atoms with van der Waals surface area (Å²) in [5, 5.41) is 3.13. The van der Waals surface area contributed by atoms with Crippen molar-refractivity contribution in [1.82, 2.24) is 10.2 Å². The highest BCUT2D eigenvalue weighted by atomic mass is 16.1. The van der Waals surface area contributed by atoms with Crippen LogP contribution in [0.4, 0.5) is 0 Å². The zero-order valence-corrected chi connectivity index (χ0v) is 11.5.